The van der Waals surface area contributed by atoms with Crippen LogP contribution in [0.5, 0.6) is 5.75 Å². The molecule has 1 heterocycles. The van der Waals surface area contributed by atoms with E-state index >= 15 is 0 Å². The van der Waals surface area contributed by atoms with Gasteiger partial charge in [-0.15, -0.1) is 0 Å². The molecule has 0 saturated carbocycles. The number of aryl methyl sites for hydroxylation is 1. The Bertz CT molecular complexity index is 650. The van der Waals surface area contributed by atoms with Gasteiger partial charge in [-0.1, -0.05) is 13.8 Å². The lowest BCUT2D eigenvalue weighted by molar-refractivity contribution is 0.407. The highest BCUT2D eigenvalue weighted by atomic mass is 16.5. The number of nitrogens with one attached hydrogen (secondary N) is 1. The van der Waals surface area contributed by atoms with Gasteiger partial charge >= 0.3 is 0 Å². The molecule has 0 spiro atoms. The van der Waals surface area contributed by atoms with Crippen LogP contribution >= 0.6 is 0 Å². The zero-order valence-electron chi connectivity index (χ0n) is 12.3. The molecule has 1 aromatic heterocycles. The molecule has 4 nitrogen and oxygen atoms in total. The summed E-state index contributed by atoms with van der Waals surface area (Å²) < 4.78 is 5.45. The first-order chi connectivity index (χ1) is 9.56. The van der Waals surface area contributed by atoms with Crippen molar-refractivity contribution in [1.29, 1.82) is 5.26 Å². The van der Waals surface area contributed by atoms with Crippen LogP contribution in [0.3, 0.4) is 0 Å². The molecule has 0 unspecified atom stereocenters. The van der Waals surface area contributed by atoms with Crippen molar-refractivity contribution in [3.63, 3.8) is 0 Å². The molecule has 1 N–H and O–H groups in total. The van der Waals surface area contributed by atoms with Crippen LogP contribution in [-0.4, -0.2) is 17.1 Å². The van der Waals surface area contributed by atoms with E-state index < -0.39 is 0 Å². The number of hydrogen-bond acceptors (Lipinski definition) is 3. The molecular formula is C16H19N3O. The Morgan fingerprint density at radius 2 is 2.15 bits per heavy atom. The lowest BCUT2D eigenvalue weighted by atomic mass is 9.95. The van der Waals surface area contributed by atoms with Crippen molar-refractivity contribution < 1.29 is 4.74 Å². The largest absolute Gasteiger partial charge is 0.496 e. The molecule has 0 saturated heterocycles. The zero-order chi connectivity index (χ0) is 14.7. The van der Waals surface area contributed by atoms with E-state index in [9.17, 15) is 0 Å². The van der Waals surface area contributed by atoms with Crippen molar-refractivity contribution in [1.82, 2.24) is 9.97 Å². The number of rotatable bonds is 4. The average molecular weight is 269 g/mol. The first-order valence-corrected chi connectivity index (χ1v) is 6.66. The molecule has 4 heteroatoms. The molecule has 0 amide bonds. The molecule has 0 atom stereocenters. The van der Waals surface area contributed by atoms with Crippen molar-refractivity contribution in [2.75, 3.05) is 7.11 Å². The van der Waals surface area contributed by atoms with Gasteiger partial charge in [-0.25, -0.2) is 4.98 Å². The van der Waals surface area contributed by atoms with E-state index in [4.69, 9.17) is 10.00 Å². The minimum Gasteiger partial charge on any atom is -0.496 e. The maximum Gasteiger partial charge on any atom is 0.122 e. The third kappa shape index (κ3) is 2.67. The number of aromatic amines is 1. The number of aromatic nitrogens is 2. The Morgan fingerprint density at radius 1 is 1.40 bits per heavy atom. The van der Waals surface area contributed by atoms with Gasteiger partial charge in [0.25, 0.3) is 0 Å². The molecular weight excluding hydrogens is 250 g/mol. The molecule has 0 aliphatic heterocycles. The summed E-state index contributed by atoms with van der Waals surface area (Å²) in [7, 11) is 1.70. The predicted molar refractivity (Wildman–Crippen MR) is 78.7 cm³/mol. The van der Waals surface area contributed by atoms with Gasteiger partial charge in [0.2, 0.25) is 0 Å². The second-order valence-electron chi connectivity index (χ2n) is 5.14. The summed E-state index contributed by atoms with van der Waals surface area (Å²) in [5, 5.41) is 8.71. The second kappa shape index (κ2) is 5.79. The third-order valence-corrected chi connectivity index (χ3v) is 3.36. The summed E-state index contributed by atoms with van der Waals surface area (Å²) in [4.78, 5) is 7.43. The number of nitrogens with zero attached hydrogens (tertiary/aromatic N) is 2. The standard InChI is InChI=1S/C16H19N3O/c1-10(2)12-8-13(11(3)7-15(12)20-4)14-9-18-16(19-14)5-6-17/h7-10H,5H2,1-4H3,(H,18,19). The predicted octanol–water partition coefficient (Wildman–Crippen LogP) is 3.58. The number of ether oxygens (including phenoxy) is 1. The third-order valence-electron chi connectivity index (χ3n) is 3.36. The first-order valence-electron chi connectivity index (χ1n) is 6.66. The fourth-order valence-electron chi connectivity index (χ4n) is 2.28. The molecule has 0 fully saturated rings. The normalized spacial score (nSPS) is 10.6. The van der Waals surface area contributed by atoms with E-state index in [0.717, 1.165) is 22.6 Å². The van der Waals surface area contributed by atoms with Crippen molar-refractivity contribution in [2.24, 2.45) is 0 Å². The topological polar surface area (TPSA) is 61.7 Å². The van der Waals surface area contributed by atoms with Gasteiger partial charge in [0, 0.05) is 5.56 Å². The van der Waals surface area contributed by atoms with E-state index in [-0.39, 0.29) is 0 Å². The Kier molecular flexibility index (Phi) is 4.09. The Morgan fingerprint density at radius 3 is 2.75 bits per heavy atom. The van der Waals surface area contributed by atoms with Crippen LogP contribution in [0.1, 0.15) is 36.7 Å². The van der Waals surface area contributed by atoms with E-state index in [1.165, 1.54) is 5.56 Å². The van der Waals surface area contributed by atoms with Gasteiger partial charge in [0.1, 0.15) is 11.6 Å². The van der Waals surface area contributed by atoms with Gasteiger partial charge in [-0.05, 0) is 36.1 Å². The number of hydrogen-bond donors (Lipinski definition) is 1. The molecule has 0 aliphatic rings. The van der Waals surface area contributed by atoms with Crippen LogP contribution in [0.25, 0.3) is 11.3 Å². The van der Waals surface area contributed by atoms with E-state index in [1.807, 2.05) is 6.92 Å². The van der Waals surface area contributed by atoms with Gasteiger partial charge in [0.05, 0.1) is 31.5 Å². The van der Waals surface area contributed by atoms with Crippen LogP contribution in [0.15, 0.2) is 18.3 Å². The molecule has 0 radical (unpaired) electrons. The minimum atomic E-state index is 0.298. The van der Waals surface area contributed by atoms with Gasteiger partial charge < -0.3 is 9.72 Å². The maximum atomic E-state index is 8.71. The van der Waals surface area contributed by atoms with E-state index in [2.05, 4.69) is 42.0 Å². The lowest BCUT2D eigenvalue weighted by Gasteiger charge is -2.15. The lowest BCUT2D eigenvalue weighted by Crippen LogP contribution is -1.97. The average Bonchev–Trinajstić information content (AvgIpc) is 2.86. The van der Waals surface area contributed by atoms with Crippen molar-refractivity contribution >= 4 is 0 Å². The van der Waals surface area contributed by atoms with Crippen LogP contribution in [-0.2, 0) is 6.42 Å². The first kappa shape index (κ1) is 14.1. The number of nitriles is 1. The molecule has 1 aromatic carbocycles. The highest BCUT2D eigenvalue weighted by molar-refractivity contribution is 5.66. The summed E-state index contributed by atoms with van der Waals surface area (Å²) in [6, 6.07) is 6.29. The summed E-state index contributed by atoms with van der Waals surface area (Å²) in [6.07, 6.45) is 2.08. The van der Waals surface area contributed by atoms with Crippen molar-refractivity contribution in [3.8, 4) is 23.1 Å². The number of benzene rings is 1. The number of imidazole rings is 1. The second-order valence-corrected chi connectivity index (χ2v) is 5.14. The minimum absolute atomic E-state index is 0.298. The Labute approximate surface area is 119 Å². The van der Waals surface area contributed by atoms with Gasteiger partial charge in [0.15, 0.2) is 0 Å². The highest BCUT2D eigenvalue weighted by Gasteiger charge is 2.13. The fourth-order valence-corrected chi connectivity index (χ4v) is 2.28. The number of methoxy groups -OCH3 is 1. The van der Waals surface area contributed by atoms with Gasteiger partial charge in [-0.3, -0.25) is 0 Å². The van der Waals surface area contributed by atoms with Gasteiger partial charge in [-0.2, -0.15) is 5.26 Å². The van der Waals surface area contributed by atoms with Crippen LogP contribution in [0.4, 0.5) is 0 Å². The molecule has 0 bridgehead atoms. The van der Waals surface area contributed by atoms with Crippen LogP contribution < -0.4 is 4.74 Å². The highest BCUT2D eigenvalue weighted by Crippen LogP contribution is 2.33. The number of H-pyrrole nitrogens is 1. The summed E-state index contributed by atoms with van der Waals surface area (Å²) in [5.74, 6) is 1.99. The molecule has 2 aromatic rings. The fraction of sp³-hybridized carbons (Fsp3) is 0.375. The molecule has 104 valence electrons. The van der Waals surface area contributed by atoms with Crippen LogP contribution in [0, 0.1) is 18.3 Å². The van der Waals surface area contributed by atoms with Crippen molar-refractivity contribution in [2.45, 2.75) is 33.1 Å². The Balaban J connectivity index is 2.50. The van der Waals surface area contributed by atoms with E-state index in [0.29, 0.717) is 18.2 Å². The molecule has 2 rings (SSSR count). The maximum absolute atomic E-state index is 8.71. The summed E-state index contributed by atoms with van der Waals surface area (Å²) in [6.45, 7) is 6.34. The van der Waals surface area contributed by atoms with Crippen molar-refractivity contribution in [3.05, 3.63) is 35.3 Å². The smallest absolute Gasteiger partial charge is 0.122 e. The molecule has 0 aliphatic carbocycles. The summed E-state index contributed by atoms with van der Waals surface area (Å²) >= 11 is 0. The molecule has 20 heavy (non-hydrogen) atoms. The monoisotopic (exact) mass is 269 g/mol. The Hall–Kier alpha value is -2.28. The zero-order valence-corrected chi connectivity index (χ0v) is 12.3. The summed E-state index contributed by atoms with van der Waals surface area (Å²) in [5.41, 5.74) is 4.34. The van der Waals surface area contributed by atoms with Crippen LogP contribution in [0.2, 0.25) is 0 Å². The SMILES string of the molecule is COc1cc(C)c(-c2cnc(CC#N)[nH]2)cc1C(C)C. The quantitative estimate of drug-likeness (QED) is 0.922. The van der Waals surface area contributed by atoms with E-state index in [1.54, 1.807) is 13.3 Å².